The number of aromatic nitrogens is 2. The molecule has 0 aliphatic heterocycles. The SMILES string of the molecule is C=CC(=C)c1c(CN(C)C)nn(C)c1C#N. The van der Waals surface area contributed by atoms with Gasteiger partial charge in [-0.2, -0.15) is 10.4 Å². The Labute approximate surface area is 96.1 Å². The minimum Gasteiger partial charge on any atom is -0.303 e. The van der Waals surface area contributed by atoms with Crippen LogP contribution in [0.4, 0.5) is 0 Å². The van der Waals surface area contributed by atoms with Gasteiger partial charge in [0.25, 0.3) is 0 Å². The molecule has 0 aromatic carbocycles. The molecular weight excluding hydrogens is 200 g/mol. The summed E-state index contributed by atoms with van der Waals surface area (Å²) in [5.41, 5.74) is 2.92. The van der Waals surface area contributed by atoms with Crippen LogP contribution in [0.25, 0.3) is 5.57 Å². The molecule has 16 heavy (non-hydrogen) atoms. The molecule has 84 valence electrons. The second kappa shape index (κ2) is 4.77. The van der Waals surface area contributed by atoms with Crippen LogP contribution >= 0.6 is 0 Å². The lowest BCUT2D eigenvalue weighted by atomic mass is 10.0. The van der Waals surface area contributed by atoms with Crippen LogP contribution in [0.1, 0.15) is 17.0 Å². The summed E-state index contributed by atoms with van der Waals surface area (Å²) in [6.45, 7) is 8.25. The highest BCUT2D eigenvalue weighted by Crippen LogP contribution is 2.22. The third kappa shape index (κ3) is 2.20. The van der Waals surface area contributed by atoms with Gasteiger partial charge in [0.05, 0.1) is 5.69 Å². The van der Waals surface area contributed by atoms with E-state index in [1.54, 1.807) is 17.8 Å². The van der Waals surface area contributed by atoms with Gasteiger partial charge in [0.1, 0.15) is 11.8 Å². The van der Waals surface area contributed by atoms with Crippen LogP contribution in [-0.4, -0.2) is 28.8 Å². The molecular formula is C12H16N4. The van der Waals surface area contributed by atoms with Crippen molar-refractivity contribution in [3.05, 3.63) is 36.2 Å². The molecule has 0 saturated carbocycles. The second-order valence-corrected chi connectivity index (χ2v) is 3.87. The molecule has 0 N–H and O–H groups in total. The Morgan fingerprint density at radius 1 is 1.62 bits per heavy atom. The molecule has 0 unspecified atom stereocenters. The lowest BCUT2D eigenvalue weighted by Gasteiger charge is -2.08. The van der Waals surface area contributed by atoms with Gasteiger partial charge in [-0.05, 0) is 19.7 Å². The predicted molar refractivity (Wildman–Crippen MR) is 64.5 cm³/mol. The van der Waals surface area contributed by atoms with Crippen LogP contribution in [0.2, 0.25) is 0 Å². The van der Waals surface area contributed by atoms with Crippen LogP contribution < -0.4 is 0 Å². The maximum Gasteiger partial charge on any atom is 0.146 e. The third-order valence-corrected chi connectivity index (χ3v) is 2.26. The van der Waals surface area contributed by atoms with Crippen LogP contribution in [0.5, 0.6) is 0 Å². The van der Waals surface area contributed by atoms with E-state index in [0.29, 0.717) is 12.2 Å². The van der Waals surface area contributed by atoms with E-state index in [-0.39, 0.29) is 0 Å². The summed E-state index contributed by atoms with van der Waals surface area (Å²) in [6.07, 6.45) is 1.65. The number of aryl methyl sites for hydroxylation is 1. The highest BCUT2D eigenvalue weighted by Gasteiger charge is 2.17. The molecule has 0 fully saturated rings. The van der Waals surface area contributed by atoms with E-state index >= 15 is 0 Å². The summed E-state index contributed by atoms with van der Waals surface area (Å²) >= 11 is 0. The fourth-order valence-corrected chi connectivity index (χ4v) is 1.56. The normalized spacial score (nSPS) is 10.2. The van der Waals surface area contributed by atoms with Gasteiger partial charge in [-0.15, -0.1) is 0 Å². The molecule has 1 aromatic heterocycles. The van der Waals surface area contributed by atoms with Crippen molar-refractivity contribution < 1.29 is 0 Å². The summed E-state index contributed by atoms with van der Waals surface area (Å²) in [4.78, 5) is 2.00. The van der Waals surface area contributed by atoms with Crippen LogP contribution in [0, 0.1) is 11.3 Å². The number of hydrogen-bond acceptors (Lipinski definition) is 3. The number of nitrogens with zero attached hydrogens (tertiary/aromatic N) is 4. The molecule has 0 aliphatic rings. The van der Waals surface area contributed by atoms with Gasteiger partial charge < -0.3 is 4.90 Å². The highest BCUT2D eigenvalue weighted by molar-refractivity contribution is 5.76. The minimum atomic E-state index is 0.529. The standard InChI is InChI=1S/C12H16N4/c1-6-9(2)12-10(8-15(3)4)14-16(5)11(12)7-13/h6H,1-2,8H2,3-5H3. The largest absolute Gasteiger partial charge is 0.303 e. The lowest BCUT2D eigenvalue weighted by Crippen LogP contribution is -2.12. The van der Waals surface area contributed by atoms with Gasteiger partial charge in [0.15, 0.2) is 0 Å². The molecule has 0 atom stereocenters. The van der Waals surface area contributed by atoms with Crippen LogP contribution in [-0.2, 0) is 13.6 Å². The van der Waals surface area contributed by atoms with Crippen molar-refractivity contribution >= 4 is 5.57 Å². The van der Waals surface area contributed by atoms with Crippen molar-refractivity contribution in [2.45, 2.75) is 6.54 Å². The Kier molecular flexibility index (Phi) is 3.64. The van der Waals surface area contributed by atoms with E-state index in [2.05, 4.69) is 24.3 Å². The van der Waals surface area contributed by atoms with Crippen molar-refractivity contribution in [2.24, 2.45) is 7.05 Å². The molecule has 0 radical (unpaired) electrons. The lowest BCUT2D eigenvalue weighted by molar-refractivity contribution is 0.394. The Morgan fingerprint density at radius 3 is 2.69 bits per heavy atom. The van der Waals surface area contributed by atoms with Crippen LogP contribution in [0.3, 0.4) is 0 Å². The van der Waals surface area contributed by atoms with E-state index in [4.69, 9.17) is 5.26 Å². The zero-order valence-corrected chi connectivity index (χ0v) is 9.99. The molecule has 0 spiro atoms. The molecule has 4 nitrogen and oxygen atoms in total. The second-order valence-electron chi connectivity index (χ2n) is 3.87. The third-order valence-electron chi connectivity index (χ3n) is 2.26. The highest BCUT2D eigenvalue weighted by atomic mass is 15.3. The first-order valence-corrected chi connectivity index (χ1v) is 4.93. The number of allylic oxidation sites excluding steroid dienone is 2. The zero-order chi connectivity index (χ0) is 12.3. The first kappa shape index (κ1) is 12.2. The minimum absolute atomic E-state index is 0.529. The fraction of sp³-hybridized carbons (Fsp3) is 0.333. The van der Waals surface area contributed by atoms with Gasteiger partial charge in [0.2, 0.25) is 0 Å². The van der Waals surface area contributed by atoms with E-state index < -0.39 is 0 Å². The molecule has 1 heterocycles. The van der Waals surface area contributed by atoms with Gasteiger partial charge in [-0.25, -0.2) is 0 Å². The number of nitriles is 1. The summed E-state index contributed by atoms with van der Waals surface area (Å²) in [5.74, 6) is 0. The molecule has 0 amide bonds. The monoisotopic (exact) mass is 216 g/mol. The maximum absolute atomic E-state index is 9.09. The van der Waals surface area contributed by atoms with Crippen molar-refractivity contribution in [1.29, 1.82) is 5.26 Å². The van der Waals surface area contributed by atoms with E-state index in [9.17, 15) is 0 Å². The van der Waals surface area contributed by atoms with Crippen molar-refractivity contribution in [3.63, 3.8) is 0 Å². The van der Waals surface area contributed by atoms with Gasteiger partial charge in [-0.1, -0.05) is 19.2 Å². The van der Waals surface area contributed by atoms with Gasteiger partial charge >= 0.3 is 0 Å². The van der Waals surface area contributed by atoms with Crippen molar-refractivity contribution in [1.82, 2.24) is 14.7 Å². The van der Waals surface area contributed by atoms with E-state index in [1.807, 2.05) is 19.0 Å². The number of rotatable bonds is 4. The Hall–Kier alpha value is -1.86. The molecule has 1 aromatic rings. The fourth-order valence-electron chi connectivity index (χ4n) is 1.56. The molecule has 1 rings (SSSR count). The van der Waals surface area contributed by atoms with Crippen molar-refractivity contribution in [3.8, 4) is 6.07 Å². The van der Waals surface area contributed by atoms with Gasteiger partial charge in [-0.3, -0.25) is 4.68 Å². The Bertz CT molecular complexity index is 460. The van der Waals surface area contributed by atoms with Gasteiger partial charge in [0, 0.05) is 19.2 Å². The Balaban J connectivity index is 3.34. The summed E-state index contributed by atoms with van der Waals surface area (Å²) in [5, 5.41) is 13.4. The first-order valence-electron chi connectivity index (χ1n) is 4.93. The molecule has 0 bridgehead atoms. The smallest absolute Gasteiger partial charge is 0.146 e. The van der Waals surface area contributed by atoms with E-state index in [0.717, 1.165) is 16.8 Å². The molecule has 0 saturated heterocycles. The summed E-state index contributed by atoms with van der Waals surface area (Å²) in [6, 6.07) is 2.15. The molecule has 4 heteroatoms. The zero-order valence-electron chi connectivity index (χ0n) is 9.99. The number of hydrogen-bond donors (Lipinski definition) is 0. The Morgan fingerprint density at radius 2 is 2.25 bits per heavy atom. The quantitative estimate of drug-likeness (QED) is 0.717. The first-order chi connectivity index (χ1) is 7.51. The van der Waals surface area contributed by atoms with Crippen LogP contribution in [0.15, 0.2) is 19.2 Å². The predicted octanol–water partition coefficient (Wildman–Crippen LogP) is 1.55. The van der Waals surface area contributed by atoms with E-state index in [1.165, 1.54) is 0 Å². The average Bonchev–Trinajstić information content (AvgIpc) is 2.52. The average molecular weight is 216 g/mol. The van der Waals surface area contributed by atoms with Crippen molar-refractivity contribution in [2.75, 3.05) is 14.1 Å². The topological polar surface area (TPSA) is 44.9 Å². The summed E-state index contributed by atoms with van der Waals surface area (Å²) in [7, 11) is 5.68. The summed E-state index contributed by atoms with van der Waals surface area (Å²) < 4.78 is 1.59. The maximum atomic E-state index is 9.09. The molecule has 0 aliphatic carbocycles.